The quantitative estimate of drug-likeness (QED) is 0.883. The van der Waals surface area contributed by atoms with E-state index < -0.39 is 0 Å². The lowest BCUT2D eigenvalue weighted by atomic mass is 10.2. The van der Waals surface area contributed by atoms with E-state index in [2.05, 4.69) is 26.2 Å². The van der Waals surface area contributed by atoms with E-state index in [1.54, 1.807) is 6.20 Å². The van der Waals surface area contributed by atoms with Crippen molar-refractivity contribution in [1.29, 1.82) is 0 Å². The number of halogens is 1. The molecule has 1 aromatic heterocycles. The SMILES string of the molecule is Nc1cnc(NCC2CCCO2)c(Br)c1. The number of ether oxygens (including phenoxy) is 1. The van der Waals surface area contributed by atoms with Crippen LogP contribution in [0.3, 0.4) is 0 Å². The summed E-state index contributed by atoms with van der Waals surface area (Å²) >= 11 is 3.41. The fourth-order valence-electron chi connectivity index (χ4n) is 1.60. The van der Waals surface area contributed by atoms with Crippen LogP contribution in [-0.2, 0) is 4.74 Å². The largest absolute Gasteiger partial charge is 0.397 e. The van der Waals surface area contributed by atoms with Gasteiger partial charge < -0.3 is 15.8 Å². The van der Waals surface area contributed by atoms with E-state index in [4.69, 9.17) is 10.5 Å². The summed E-state index contributed by atoms with van der Waals surface area (Å²) < 4.78 is 6.40. The third kappa shape index (κ3) is 2.82. The van der Waals surface area contributed by atoms with Crippen molar-refractivity contribution in [2.75, 3.05) is 24.2 Å². The van der Waals surface area contributed by atoms with Gasteiger partial charge in [0, 0.05) is 13.2 Å². The molecule has 15 heavy (non-hydrogen) atoms. The monoisotopic (exact) mass is 271 g/mol. The maximum absolute atomic E-state index is 5.60. The second kappa shape index (κ2) is 4.81. The van der Waals surface area contributed by atoms with Crippen LogP contribution >= 0.6 is 15.9 Å². The van der Waals surface area contributed by atoms with Crippen molar-refractivity contribution in [3.05, 3.63) is 16.7 Å². The van der Waals surface area contributed by atoms with E-state index in [0.717, 1.165) is 36.3 Å². The van der Waals surface area contributed by atoms with Crippen molar-refractivity contribution >= 4 is 27.4 Å². The molecule has 0 aliphatic carbocycles. The predicted octanol–water partition coefficient (Wildman–Crippen LogP) is 2.02. The Balaban J connectivity index is 1.92. The summed E-state index contributed by atoms with van der Waals surface area (Å²) in [5.41, 5.74) is 6.26. The molecule has 2 rings (SSSR count). The summed E-state index contributed by atoms with van der Waals surface area (Å²) in [4.78, 5) is 4.20. The summed E-state index contributed by atoms with van der Waals surface area (Å²) in [5.74, 6) is 0.819. The average molecular weight is 272 g/mol. The molecule has 1 aliphatic heterocycles. The van der Waals surface area contributed by atoms with E-state index in [0.29, 0.717) is 11.8 Å². The highest BCUT2D eigenvalue weighted by Gasteiger charge is 2.15. The van der Waals surface area contributed by atoms with Gasteiger partial charge in [0.2, 0.25) is 0 Å². The van der Waals surface area contributed by atoms with E-state index >= 15 is 0 Å². The maximum Gasteiger partial charge on any atom is 0.140 e. The number of hydrogen-bond acceptors (Lipinski definition) is 4. The van der Waals surface area contributed by atoms with Crippen LogP contribution in [-0.4, -0.2) is 24.2 Å². The van der Waals surface area contributed by atoms with Gasteiger partial charge in [0.1, 0.15) is 5.82 Å². The zero-order valence-corrected chi connectivity index (χ0v) is 9.96. The molecule has 0 amide bonds. The molecule has 1 aliphatic rings. The number of hydrogen-bond donors (Lipinski definition) is 2. The fourth-order valence-corrected chi connectivity index (χ4v) is 2.11. The van der Waals surface area contributed by atoms with Gasteiger partial charge in [0.25, 0.3) is 0 Å². The lowest BCUT2D eigenvalue weighted by Gasteiger charge is -2.12. The Labute approximate surface area is 97.3 Å². The van der Waals surface area contributed by atoms with Crippen molar-refractivity contribution in [2.24, 2.45) is 0 Å². The van der Waals surface area contributed by atoms with Crippen LogP contribution in [0.1, 0.15) is 12.8 Å². The highest BCUT2D eigenvalue weighted by Crippen LogP contribution is 2.22. The molecule has 82 valence electrons. The Morgan fingerprint density at radius 1 is 1.67 bits per heavy atom. The number of nitrogens with one attached hydrogen (secondary N) is 1. The maximum atomic E-state index is 5.60. The Bertz CT molecular complexity index is 339. The highest BCUT2D eigenvalue weighted by molar-refractivity contribution is 9.10. The molecular formula is C10H14BrN3O. The molecule has 1 aromatic rings. The van der Waals surface area contributed by atoms with Gasteiger partial charge in [-0.2, -0.15) is 0 Å². The van der Waals surface area contributed by atoms with Crippen molar-refractivity contribution in [3.63, 3.8) is 0 Å². The van der Waals surface area contributed by atoms with Crippen molar-refractivity contribution in [2.45, 2.75) is 18.9 Å². The first kappa shape index (κ1) is 10.7. The second-order valence-corrected chi connectivity index (χ2v) is 4.47. The summed E-state index contributed by atoms with van der Waals surface area (Å²) in [6.07, 6.45) is 4.24. The minimum absolute atomic E-state index is 0.316. The summed E-state index contributed by atoms with van der Waals surface area (Å²) in [6, 6.07) is 1.84. The van der Waals surface area contributed by atoms with Crippen LogP contribution < -0.4 is 11.1 Å². The van der Waals surface area contributed by atoms with Crippen LogP contribution in [0.15, 0.2) is 16.7 Å². The third-order valence-corrected chi connectivity index (χ3v) is 2.99. The molecule has 4 nitrogen and oxygen atoms in total. The number of nitrogens with zero attached hydrogens (tertiary/aromatic N) is 1. The van der Waals surface area contributed by atoms with Crippen molar-refractivity contribution < 1.29 is 4.74 Å². The second-order valence-electron chi connectivity index (χ2n) is 3.62. The number of pyridine rings is 1. The van der Waals surface area contributed by atoms with Crippen LogP contribution in [0, 0.1) is 0 Å². The van der Waals surface area contributed by atoms with Gasteiger partial charge in [-0.05, 0) is 34.8 Å². The Morgan fingerprint density at radius 2 is 2.53 bits per heavy atom. The minimum atomic E-state index is 0.316. The molecule has 0 spiro atoms. The molecule has 0 aromatic carbocycles. The lowest BCUT2D eigenvalue weighted by molar-refractivity contribution is 0.120. The number of rotatable bonds is 3. The first-order valence-corrected chi connectivity index (χ1v) is 5.81. The number of nitrogen functional groups attached to an aromatic ring is 1. The normalized spacial score (nSPS) is 20.5. The lowest BCUT2D eigenvalue weighted by Crippen LogP contribution is -2.19. The van der Waals surface area contributed by atoms with Crippen LogP contribution in [0.2, 0.25) is 0 Å². The van der Waals surface area contributed by atoms with E-state index in [9.17, 15) is 0 Å². The van der Waals surface area contributed by atoms with Gasteiger partial charge in [-0.15, -0.1) is 0 Å². The topological polar surface area (TPSA) is 60.2 Å². The Morgan fingerprint density at radius 3 is 3.20 bits per heavy atom. The van der Waals surface area contributed by atoms with Gasteiger partial charge >= 0.3 is 0 Å². The molecule has 1 atom stereocenters. The highest BCUT2D eigenvalue weighted by atomic mass is 79.9. The average Bonchev–Trinajstić information content (AvgIpc) is 2.69. The van der Waals surface area contributed by atoms with E-state index in [1.807, 2.05) is 6.07 Å². The molecule has 1 saturated heterocycles. The van der Waals surface area contributed by atoms with Gasteiger partial charge in [0.15, 0.2) is 0 Å². The first-order valence-electron chi connectivity index (χ1n) is 5.02. The van der Waals surface area contributed by atoms with Crippen LogP contribution in [0.5, 0.6) is 0 Å². The third-order valence-electron chi connectivity index (χ3n) is 2.38. The standard InChI is InChI=1S/C10H14BrN3O/c11-9-4-7(12)5-13-10(9)14-6-8-2-1-3-15-8/h4-5,8H,1-3,6,12H2,(H,13,14). The van der Waals surface area contributed by atoms with Gasteiger partial charge in [0.05, 0.1) is 22.5 Å². The van der Waals surface area contributed by atoms with E-state index in [1.165, 1.54) is 0 Å². The van der Waals surface area contributed by atoms with E-state index in [-0.39, 0.29) is 0 Å². The molecule has 0 bridgehead atoms. The molecule has 2 heterocycles. The summed E-state index contributed by atoms with van der Waals surface area (Å²) in [7, 11) is 0. The zero-order chi connectivity index (χ0) is 10.7. The molecular weight excluding hydrogens is 258 g/mol. The van der Waals surface area contributed by atoms with Gasteiger partial charge in [-0.1, -0.05) is 0 Å². The molecule has 1 unspecified atom stereocenters. The number of aromatic nitrogens is 1. The van der Waals surface area contributed by atoms with Crippen molar-refractivity contribution in [3.8, 4) is 0 Å². The Hall–Kier alpha value is -0.810. The molecule has 1 fully saturated rings. The number of anilines is 2. The van der Waals surface area contributed by atoms with Crippen LogP contribution in [0.25, 0.3) is 0 Å². The van der Waals surface area contributed by atoms with Gasteiger partial charge in [-0.25, -0.2) is 4.98 Å². The van der Waals surface area contributed by atoms with Crippen LogP contribution in [0.4, 0.5) is 11.5 Å². The smallest absolute Gasteiger partial charge is 0.140 e. The van der Waals surface area contributed by atoms with Gasteiger partial charge in [-0.3, -0.25) is 0 Å². The van der Waals surface area contributed by atoms with Crippen molar-refractivity contribution in [1.82, 2.24) is 4.98 Å². The fraction of sp³-hybridized carbons (Fsp3) is 0.500. The predicted molar refractivity (Wildman–Crippen MR) is 63.8 cm³/mol. The summed E-state index contributed by atoms with van der Waals surface area (Å²) in [6.45, 7) is 1.68. The molecule has 0 saturated carbocycles. The number of nitrogens with two attached hydrogens (primary N) is 1. The summed E-state index contributed by atoms with van der Waals surface area (Å²) in [5, 5.41) is 3.24. The minimum Gasteiger partial charge on any atom is -0.397 e. The molecule has 0 radical (unpaired) electrons. The first-order chi connectivity index (χ1) is 7.25. The molecule has 3 N–H and O–H groups in total. The Kier molecular flexibility index (Phi) is 3.43. The molecule has 5 heteroatoms. The zero-order valence-electron chi connectivity index (χ0n) is 8.37.